The Morgan fingerprint density at radius 1 is 1.23 bits per heavy atom. The van der Waals surface area contributed by atoms with Crippen molar-refractivity contribution in [2.24, 2.45) is 11.8 Å². The van der Waals surface area contributed by atoms with E-state index in [1.165, 1.54) is 4.90 Å². The molecule has 0 aliphatic carbocycles. The van der Waals surface area contributed by atoms with E-state index in [4.69, 9.17) is 4.42 Å². The zero-order chi connectivity index (χ0) is 21.0. The minimum Gasteiger partial charge on any atom is -0.467 e. The number of nitrogens with one attached hydrogen (secondary N) is 1. The van der Waals surface area contributed by atoms with Gasteiger partial charge < -0.3 is 9.73 Å². The van der Waals surface area contributed by atoms with E-state index in [2.05, 4.69) is 51.0 Å². The highest BCUT2D eigenvalue weighted by atomic mass is 32.2. The molecule has 0 radical (unpaired) electrons. The second-order valence-electron chi connectivity index (χ2n) is 8.37. The highest BCUT2D eigenvalue weighted by molar-refractivity contribution is 7.98. The summed E-state index contributed by atoms with van der Waals surface area (Å²) in [7, 11) is 0. The molecule has 0 spiro atoms. The Morgan fingerprint density at radius 2 is 2.13 bits per heavy atom. The van der Waals surface area contributed by atoms with Gasteiger partial charge in [-0.2, -0.15) is 0 Å². The van der Waals surface area contributed by atoms with Crippen molar-refractivity contribution in [3.05, 3.63) is 66.4 Å². The van der Waals surface area contributed by atoms with Crippen LogP contribution in [0, 0.1) is 11.8 Å². The Morgan fingerprint density at radius 3 is 2.90 bits per heavy atom. The van der Waals surface area contributed by atoms with Gasteiger partial charge >= 0.3 is 0 Å². The van der Waals surface area contributed by atoms with Crippen LogP contribution in [0.15, 0.2) is 64.2 Å². The molecule has 3 fully saturated rings. The quantitative estimate of drug-likeness (QED) is 0.546. The normalized spacial score (nSPS) is 24.9. The minimum atomic E-state index is 0.0635. The first-order valence-corrected chi connectivity index (χ1v) is 11.8. The van der Waals surface area contributed by atoms with Crippen molar-refractivity contribution in [1.29, 1.82) is 0 Å². The third-order valence-corrected chi connectivity index (χ3v) is 7.39. The van der Waals surface area contributed by atoms with Gasteiger partial charge in [0.15, 0.2) is 0 Å². The van der Waals surface area contributed by atoms with Crippen molar-refractivity contribution in [1.82, 2.24) is 25.2 Å². The van der Waals surface area contributed by atoms with Crippen LogP contribution in [-0.2, 0) is 23.6 Å². The molecule has 2 bridgehead atoms. The summed E-state index contributed by atoms with van der Waals surface area (Å²) in [4.78, 5) is 16.4. The van der Waals surface area contributed by atoms with Gasteiger partial charge in [0.05, 0.1) is 31.0 Å². The first-order valence-electron chi connectivity index (χ1n) is 10.9. The fourth-order valence-electron chi connectivity index (χ4n) is 4.73. The summed E-state index contributed by atoms with van der Waals surface area (Å²) in [5, 5.41) is 11.8. The molecule has 5 heterocycles. The molecule has 6 rings (SSSR count). The number of piperidine rings is 3. The van der Waals surface area contributed by atoms with Gasteiger partial charge in [-0.15, -0.1) is 16.9 Å². The molecule has 1 amide bonds. The molecule has 8 heteroatoms. The number of rotatable bonds is 8. The number of fused-ring (bicyclic) bond motifs is 3. The van der Waals surface area contributed by atoms with Crippen LogP contribution < -0.4 is 5.32 Å². The molecule has 0 saturated carbocycles. The number of furan rings is 1. The summed E-state index contributed by atoms with van der Waals surface area (Å²) < 4.78 is 7.29. The fraction of sp³-hybridized carbons (Fsp3) is 0.435. The SMILES string of the molecule is O=C(NCc1ccco1)[C@H]1CN2CCC1C[C@@H]2Cn1cc(CSc2ccccc2)nn1. The molecule has 162 valence electrons. The van der Waals surface area contributed by atoms with Crippen LogP contribution in [0.3, 0.4) is 0 Å². The van der Waals surface area contributed by atoms with Crippen LogP contribution in [0.2, 0.25) is 0 Å². The van der Waals surface area contributed by atoms with Crippen LogP contribution >= 0.6 is 11.8 Å². The Kier molecular flexibility index (Phi) is 6.08. The van der Waals surface area contributed by atoms with E-state index in [1.807, 2.05) is 22.9 Å². The minimum absolute atomic E-state index is 0.0635. The van der Waals surface area contributed by atoms with Gasteiger partial charge in [-0.05, 0) is 49.6 Å². The Hall–Kier alpha value is -2.58. The molecule has 1 aromatic carbocycles. The molecule has 3 aromatic rings. The molecule has 31 heavy (non-hydrogen) atoms. The predicted molar refractivity (Wildman–Crippen MR) is 118 cm³/mol. The second kappa shape index (κ2) is 9.28. The summed E-state index contributed by atoms with van der Waals surface area (Å²) in [5.74, 6) is 2.25. The third kappa shape index (κ3) is 4.85. The molecule has 3 aliphatic heterocycles. The van der Waals surface area contributed by atoms with Gasteiger partial charge in [0.1, 0.15) is 5.76 Å². The van der Waals surface area contributed by atoms with Gasteiger partial charge in [-0.1, -0.05) is 23.4 Å². The van der Waals surface area contributed by atoms with Gasteiger partial charge in [-0.3, -0.25) is 14.4 Å². The van der Waals surface area contributed by atoms with Gasteiger partial charge in [0, 0.05) is 29.4 Å². The van der Waals surface area contributed by atoms with E-state index < -0.39 is 0 Å². The summed E-state index contributed by atoms with van der Waals surface area (Å²) in [6.07, 6.45) is 5.82. The average Bonchev–Trinajstić information content (AvgIpc) is 3.49. The summed E-state index contributed by atoms with van der Waals surface area (Å²) in [6.45, 7) is 3.18. The maximum atomic E-state index is 12.7. The number of nitrogens with zero attached hydrogens (tertiary/aromatic N) is 4. The van der Waals surface area contributed by atoms with Gasteiger partial charge in [0.25, 0.3) is 0 Å². The predicted octanol–water partition coefficient (Wildman–Crippen LogP) is 3.19. The standard InChI is InChI=1S/C23H27N5O2S/c29-23(24-12-20-5-4-10-30-20)22-15-27-9-8-17(22)11-19(27)14-28-13-18(25-26-28)16-31-21-6-2-1-3-7-21/h1-7,10,13,17,19,22H,8-9,11-12,14-16H2,(H,24,29)/t17?,19-,22+/m1/s1. The van der Waals surface area contributed by atoms with Crippen molar-refractivity contribution in [3.63, 3.8) is 0 Å². The number of aromatic nitrogens is 3. The van der Waals surface area contributed by atoms with Crippen LogP contribution in [0.1, 0.15) is 24.3 Å². The molecule has 7 nitrogen and oxygen atoms in total. The molecule has 2 aromatic heterocycles. The second-order valence-corrected chi connectivity index (χ2v) is 9.42. The molecule has 1 N–H and O–H groups in total. The van der Waals surface area contributed by atoms with Crippen molar-refractivity contribution in [3.8, 4) is 0 Å². The van der Waals surface area contributed by atoms with E-state index in [1.54, 1.807) is 18.0 Å². The monoisotopic (exact) mass is 437 g/mol. The average molecular weight is 438 g/mol. The number of thioether (sulfide) groups is 1. The number of amides is 1. The van der Waals surface area contributed by atoms with Crippen molar-refractivity contribution in [2.45, 2.75) is 42.6 Å². The molecule has 3 aliphatic rings. The summed E-state index contributed by atoms with van der Waals surface area (Å²) >= 11 is 1.77. The van der Waals surface area contributed by atoms with E-state index in [9.17, 15) is 4.79 Å². The number of hydrogen-bond donors (Lipinski definition) is 1. The smallest absolute Gasteiger partial charge is 0.225 e. The zero-order valence-electron chi connectivity index (χ0n) is 17.4. The molecule has 2 unspecified atom stereocenters. The highest BCUT2D eigenvalue weighted by Crippen LogP contribution is 2.37. The number of benzene rings is 1. The lowest BCUT2D eigenvalue weighted by Gasteiger charge is -2.49. The number of carbonyl (C=O) groups is 1. The van der Waals surface area contributed by atoms with E-state index in [0.717, 1.165) is 49.7 Å². The van der Waals surface area contributed by atoms with Gasteiger partial charge in [0.2, 0.25) is 5.91 Å². The fourth-order valence-corrected chi connectivity index (χ4v) is 5.52. The van der Waals surface area contributed by atoms with Crippen molar-refractivity contribution >= 4 is 17.7 Å². The zero-order valence-corrected chi connectivity index (χ0v) is 18.2. The highest BCUT2D eigenvalue weighted by Gasteiger charge is 2.43. The lowest BCUT2D eigenvalue weighted by atomic mass is 9.75. The Bertz CT molecular complexity index is 991. The molecule has 3 saturated heterocycles. The molecular formula is C23H27N5O2S. The summed E-state index contributed by atoms with van der Waals surface area (Å²) in [5.41, 5.74) is 1.00. The third-order valence-electron chi connectivity index (χ3n) is 6.35. The molecule has 4 atom stereocenters. The van der Waals surface area contributed by atoms with Crippen LogP contribution in [0.4, 0.5) is 0 Å². The lowest BCUT2D eigenvalue weighted by molar-refractivity contribution is -0.133. The Balaban J connectivity index is 1.13. The maximum Gasteiger partial charge on any atom is 0.225 e. The first-order chi connectivity index (χ1) is 15.2. The summed E-state index contributed by atoms with van der Waals surface area (Å²) in [6, 6.07) is 14.5. The van der Waals surface area contributed by atoms with Crippen molar-refractivity contribution < 1.29 is 9.21 Å². The van der Waals surface area contributed by atoms with Crippen molar-refractivity contribution in [2.75, 3.05) is 13.1 Å². The maximum absolute atomic E-state index is 12.7. The van der Waals surface area contributed by atoms with Crippen LogP contribution in [0.25, 0.3) is 0 Å². The number of carbonyl (C=O) groups excluding carboxylic acids is 1. The largest absolute Gasteiger partial charge is 0.467 e. The van der Waals surface area contributed by atoms with E-state index in [-0.39, 0.29) is 11.8 Å². The number of hydrogen-bond acceptors (Lipinski definition) is 6. The lowest BCUT2D eigenvalue weighted by Crippen LogP contribution is -2.57. The Labute approximate surface area is 186 Å². The first kappa shape index (κ1) is 20.3. The van der Waals surface area contributed by atoms with Crippen LogP contribution in [0.5, 0.6) is 0 Å². The molecular weight excluding hydrogens is 410 g/mol. The topological polar surface area (TPSA) is 76.2 Å². The van der Waals surface area contributed by atoms with E-state index in [0.29, 0.717) is 18.5 Å². The van der Waals surface area contributed by atoms with E-state index >= 15 is 0 Å². The van der Waals surface area contributed by atoms with Crippen LogP contribution in [-0.4, -0.2) is 44.9 Å². The van der Waals surface area contributed by atoms with Gasteiger partial charge in [-0.25, -0.2) is 0 Å².